The Bertz CT molecular complexity index is 672. The summed E-state index contributed by atoms with van der Waals surface area (Å²) in [5.74, 6) is 1.56. The minimum Gasteiger partial charge on any atom is -0.342 e. The van der Waals surface area contributed by atoms with Crippen molar-refractivity contribution in [1.82, 2.24) is 9.80 Å². The number of carbonyl (C=O) groups excluding carboxylic acids is 2. The highest BCUT2D eigenvalue weighted by Gasteiger charge is 2.34. The maximum Gasteiger partial charge on any atom is 0.254 e. The van der Waals surface area contributed by atoms with Crippen LogP contribution in [-0.2, 0) is 11.2 Å². The quantitative estimate of drug-likeness (QED) is 0.809. The monoisotopic (exact) mass is 368 g/mol. The van der Waals surface area contributed by atoms with Gasteiger partial charge in [0.15, 0.2) is 0 Å². The molecule has 3 fully saturated rings. The molecule has 1 unspecified atom stereocenters. The number of rotatable bonds is 4. The summed E-state index contributed by atoms with van der Waals surface area (Å²) in [6.45, 7) is 4.89. The highest BCUT2D eigenvalue weighted by atomic mass is 16.2. The van der Waals surface area contributed by atoms with Gasteiger partial charge in [0.2, 0.25) is 5.91 Å². The first-order chi connectivity index (χ1) is 13.1. The van der Waals surface area contributed by atoms with Crippen LogP contribution in [0.25, 0.3) is 0 Å². The minimum atomic E-state index is 0.181. The summed E-state index contributed by atoms with van der Waals surface area (Å²) in [6, 6.07) is 8.62. The Balaban J connectivity index is 1.29. The van der Waals surface area contributed by atoms with Crippen molar-refractivity contribution in [2.45, 2.75) is 64.3 Å². The van der Waals surface area contributed by atoms with Gasteiger partial charge in [-0.1, -0.05) is 12.1 Å². The molecule has 27 heavy (non-hydrogen) atoms. The minimum absolute atomic E-state index is 0.181. The van der Waals surface area contributed by atoms with Gasteiger partial charge in [-0.25, -0.2) is 0 Å². The van der Waals surface area contributed by atoms with E-state index < -0.39 is 0 Å². The van der Waals surface area contributed by atoms with Gasteiger partial charge in [0.05, 0.1) is 0 Å². The molecule has 4 rings (SSSR count). The van der Waals surface area contributed by atoms with Gasteiger partial charge in [0, 0.05) is 37.2 Å². The van der Waals surface area contributed by atoms with E-state index in [0.29, 0.717) is 23.8 Å². The predicted octanol–water partition coefficient (Wildman–Crippen LogP) is 3.89. The summed E-state index contributed by atoms with van der Waals surface area (Å²) in [7, 11) is 0. The summed E-state index contributed by atoms with van der Waals surface area (Å²) in [6.07, 6.45) is 8.92. The van der Waals surface area contributed by atoms with E-state index in [2.05, 4.69) is 24.0 Å². The van der Waals surface area contributed by atoms with Crippen LogP contribution < -0.4 is 0 Å². The van der Waals surface area contributed by atoms with Crippen LogP contribution in [0.4, 0.5) is 0 Å². The van der Waals surface area contributed by atoms with Crippen molar-refractivity contribution >= 4 is 11.8 Å². The Kier molecular flexibility index (Phi) is 5.51. The van der Waals surface area contributed by atoms with Gasteiger partial charge in [0.1, 0.15) is 0 Å². The van der Waals surface area contributed by atoms with Gasteiger partial charge in [-0.3, -0.25) is 9.59 Å². The summed E-state index contributed by atoms with van der Waals surface area (Å²) >= 11 is 0. The molecule has 146 valence electrons. The van der Waals surface area contributed by atoms with Crippen LogP contribution in [0, 0.1) is 11.8 Å². The highest BCUT2D eigenvalue weighted by molar-refractivity contribution is 5.94. The Morgan fingerprint density at radius 3 is 2.26 bits per heavy atom. The summed E-state index contributed by atoms with van der Waals surface area (Å²) < 4.78 is 0. The van der Waals surface area contributed by atoms with Crippen LogP contribution in [0.2, 0.25) is 0 Å². The normalized spacial score (nSPS) is 24.1. The largest absolute Gasteiger partial charge is 0.342 e. The van der Waals surface area contributed by atoms with Crippen LogP contribution in [-0.4, -0.2) is 47.3 Å². The lowest BCUT2D eigenvalue weighted by molar-refractivity contribution is -0.133. The number of hydrogen-bond acceptors (Lipinski definition) is 2. The third kappa shape index (κ3) is 4.36. The molecule has 3 aliphatic rings. The fraction of sp³-hybridized carbons (Fsp3) is 0.652. The Morgan fingerprint density at radius 2 is 1.63 bits per heavy atom. The lowest BCUT2D eigenvalue weighted by Crippen LogP contribution is -2.42. The summed E-state index contributed by atoms with van der Waals surface area (Å²) in [4.78, 5) is 29.0. The van der Waals surface area contributed by atoms with Gasteiger partial charge in [-0.2, -0.15) is 0 Å². The maximum absolute atomic E-state index is 12.8. The lowest BCUT2D eigenvalue weighted by atomic mass is 9.89. The van der Waals surface area contributed by atoms with Gasteiger partial charge in [-0.15, -0.1) is 0 Å². The molecule has 2 aliphatic heterocycles. The zero-order valence-electron chi connectivity index (χ0n) is 16.5. The number of benzene rings is 1. The van der Waals surface area contributed by atoms with Crippen molar-refractivity contribution in [2.24, 2.45) is 11.8 Å². The van der Waals surface area contributed by atoms with E-state index in [1.54, 1.807) is 0 Å². The molecule has 1 aliphatic carbocycles. The topological polar surface area (TPSA) is 40.6 Å². The number of nitrogens with zero attached hydrogens (tertiary/aromatic N) is 2. The molecule has 4 heteroatoms. The number of carbonyl (C=O) groups is 2. The third-order valence-electron chi connectivity index (χ3n) is 6.64. The Morgan fingerprint density at radius 1 is 0.926 bits per heavy atom. The SMILES string of the molecule is CC1CCCCN1C(=O)c1ccc(CC2CCN(C(=O)C3CC3)CC2)cc1. The van der Waals surface area contributed by atoms with E-state index in [4.69, 9.17) is 0 Å². The summed E-state index contributed by atoms with van der Waals surface area (Å²) in [5.41, 5.74) is 2.13. The predicted molar refractivity (Wildman–Crippen MR) is 107 cm³/mol. The first-order valence-electron chi connectivity index (χ1n) is 10.8. The van der Waals surface area contributed by atoms with Crippen LogP contribution >= 0.6 is 0 Å². The molecule has 1 saturated carbocycles. The van der Waals surface area contributed by atoms with E-state index in [1.807, 2.05) is 17.0 Å². The summed E-state index contributed by atoms with van der Waals surface area (Å²) in [5, 5.41) is 0. The molecular formula is C23H32N2O2. The van der Waals surface area contributed by atoms with Gasteiger partial charge < -0.3 is 9.80 Å². The van der Waals surface area contributed by atoms with Gasteiger partial charge in [0.25, 0.3) is 5.91 Å². The zero-order chi connectivity index (χ0) is 18.8. The molecule has 0 spiro atoms. The zero-order valence-corrected chi connectivity index (χ0v) is 16.5. The highest BCUT2D eigenvalue weighted by Crippen LogP contribution is 2.33. The second-order valence-electron chi connectivity index (χ2n) is 8.79. The molecule has 2 heterocycles. The standard InChI is InChI=1S/C23H32N2O2/c1-17-4-2-3-13-25(17)23(27)21-7-5-18(6-8-21)16-19-11-14-24(15-12-19)22(26)20-9-10-20/h5-8,17,19-20H,2-4,9-16H2,1H3. The number of piperidine rings is 2. The Hall–Kier alpha value is -1.84. The second-order valence-corrected chi connectivity index (χ2v) is 8.79. The molecular weight excluding hydrogens is 336 g/mol. The molecule has 0 N–H and O–H groups in total. The average Bonchev–Trinajstić information content (AvgIpc) is 3.54. The maximum atomic E-state index is 12.8. The van der Waals surface area contributed by atoms with E-state index in [0.717, 1.165) is 70.1 Å². The van der Waals surface area contributed by atoms with Crippen molar-refractivity contribution in [3.8, 4) is 0 Å². The van der Waals surface area contributed by atoms with Crippen molar-refractivity contribution in [3.63, 3.8) is 0 Å². The van der Waals surface area contributed by atoms with Crippen molar-refractivity contribution in [3.05, 3.63) is 35.4 Å². The third-order valence-corrected chi connectivity index (χ3v) is 6.64. The van der Waals surface area contributed by atoms with Crippen LogP contribution in [0.1, 0.15) is 67.8 Å². The van der Waals surface area contributed by atoms with Crippen LogP contribution in [0.3, 0.4) is 0 Å². The van der Waals surface area contributed by atoms with Crippen LogP contribution in [0.15, 0.2) is 24.3 Å². The Labute approximate surface area is 162 Å². The molecule has 0 aromatic heterocycles. The average molecular weight is 369 g/mol. The lowest BCUT2D eigenvalue weighted by Gasteiger charge is -2.33. The van der Waals surface area contributed by atoms with Gasteiger partial charge >= 0.3 is 0 Å². The molecule has 0 bridgehead atoms. The van der Waals surface area contributed by atoms with Crippen molar-refractivity contribution < 1.29 is 9.59 Å². The fourth-order valence-electron chi connectivity index (χ4n) is 4.63. The smallest absolute Gasteiger partial charge is 0.254 e. The molecule has 1 aromatic rings. The first-order valence-corrected chi connectivity index (χ1v) is 10.8. The van der Waals surface area contributed by atoms with Gasteiger partial charge in [-0.05, 0) is 81.9 Å². The molecule has 4 nitrogen and oxygen atoms in total. The number of likely N-dealkylation sites (tertiary alicyclic amines) is 2. The van der Waals surface area contributed by atoms with Crippen molar-refractivity contribution in [1.29, 1.82) is 0 Å². The molecule has 1 aromatic carbocycles. The molecule has 1 atom stereocenters. The van der Waals surface area contributed by atoms with E-state index in [9.17, 15) is 9.59 Å². The fourth-order valence-corrected chi connectivity index (χ4v) is 4.63. The second kappa shape index (κ2) is 8.04. The van der Waals surface area contributed by atoms with Crippen LogP contribution in [0.5, 0.6) is 0 Å². The molecule has 2 saturated heterocycles. The first kappa shape index (κ1) is 18.5. The molecule has 2 amide bonds. The number of amides is 2. The van der Waals surface area contributed by atoms with E-state index in [-0.39, 0.29) is 5.91 Å². The van der Waals surface area contributed by atoms with E-state index in [1.165, 1.54) is 12.0 Å². The molecule has 0 radical (unpaired) electrons. The van der Waals surface area contributed by atoms with E-state index >= 15 is 0 Å². The number of hydrogen-bond donors (Lipinski definition) is 0. The van der Waals surface area contributed by atoms with Crippen molar-refractivity contribution in [2.75, 3.05) is 19.6 Å².